The molecule has 0 aromatic heterocycles. The molecule has 6 nitrogen and oxygen atoms in total. The van der Waals surface area contributed by atoms with E-state index in [0.717, 1.165) is 18.4 Å². The van der Waals surface area contributed by atoms with E-state index >= 15 is 0 Å². The van der Waals surface area contributed by atoms with Gasteiger partial charge in [0.25, 0.3) is 0 Å². The summed E-state index contributed by atoms with van der Waals surface area (Å²) in [6.07, 6.45) is 6.86. The fourth-order valence-corrected chi connectivity index (χ4v) is 5.89. The van der Waals surface area contributed by atoms with Crippen LogP contribution >= 0.6 is 0 Å². The van der Waals surface area contributed by atoms with E-state index in [1.165, 1.54) is 6.07 Å². The zero-order valence-corrected chi connectivity index (χ0v) is 19.5. The fourth-order valence-electron chi connectivity index (χ4n) is 3.95. The Hall–Kier alpha value is -2.22. The normalized spacial score (nSPS) is 20.6. The zero-order chi connectivity index (χ0) is 23.4. The Morgan fingerprint density at radius 2 is 2.00 bits per heavy atom. The summed E-state index contributed by atoms with van der Waals surface area (Å²) in [6, 6.07) is 4.68. The molecule has 1 atom stereocenters. The van der Waals surface area contributed by atoms with Gasteiger partial charge in [-0.15, -0.1) is 0 Å². The van der Waals surface area contributed by atoms with Crippen molar-refractivity contribution < 1.29 is 27.1 Å². The highest BCUT2D eigenvalue weighted by atomic mass is 32.2. The Morgan fingerprint density at radius 3 is 2.66 bits per heavy atom. The molecule has 32 heavy (non-hydrogen) atoms. The maximum atomic E-state index is 14.1. The lowest BCUT2D eigenvalue weighted by molar-refractivity contribution is -0.136. The topological polar surface area (TPSA) is 89.5 Å². The molecule has 0 bridgehead atoms. The number of carbonyl (C=O) groups is 2. The molecule has 1 saturated heterocycles. The molecule has 2 aliphatic rings. The van der Waals surface area contributed by atoms with Crippen LogP contribution in [0.25, 0.3) is 0 Å². The van der Waals surface area contributed by atoms with Crippen LogP contribution in [0.2, 0.25) is 0 Å². The van der Waals surface area contributed by atoms with E-state index in [2.05, 4.69) is 5.32 Å². The lowest BCUT2D eigenvalue weighted by Gasteiger charge is -2.19. The largest absolute Gasteiger partial charge is 0.490 e. The van der Waals surface area contributed by atoms with Crippen LogP contribution in [0.4, 0.5) is 4.39 Å². The number of piperidine rings is 1. The smallest absolute Gasteiger partial charge is 0.229 e. The van der Waals surface area contributed by atoms with E-state index in [9.17, 15) is 22.4 Å². The van der Waals surface area contributed by atoms with Crippen molar-refractivity contribution in [3.8, 4) is 5.75 Å². The summed E-state index contributed by atoms with van der Waals surface area (Å²) in [6.45, 7) is 4.36. The van der Waals surface area contributed by atoms with Gasteiger partial charge in [-0.2, -0.15) is 0 Å². The highest BCUT2D eigenvalue weighted by molar-refractivity contribution is 7.91. The van der Waals surface area contributed by atoms with Crippen LogP contribution in [0.1, 0.15) is 57.9 Å². The van der Waals surface area contributed by atoms with E-state index in [1.54, 1.807) is 18.2 Å². The monoisotopic (exact) mass is 465 g/mol. The second-order valence-corrected chi connectivity index (χ2v) is 11.6. The molecular weight excluding hydrogens is 433 g/mol. The van der Waals surface area contributed by atoms with Gasteiger partial charge in [0, 0.05) is 17.8 Å². The third kappa shape index (κ3) is 6.64. The SMILES string of the molecule is CC(C)COc1cc(C2(CS(=O)(=O)CC/C=C/CC3CCC(=O)NC3=O)CC2)ccc1F. The highest BCUT2D eigenvalue weighted by Crippen LogP contribution is 2.50. The van der Waals surface area contributed by atoms with Crippen LogP contribution in [0.5, 0.6) is 5.75 Å². The highest BCUT2D eigenvalue weighted by Gasteiger charge is 2.47. The minimum absolute atomic E-state index is 0.0263. The van der Waals surface area contributed by atoms with Gasteiger partial charge in [0.05, 0.1) is 18.1 Å². The molecule has 1 N–H and O–H groups in total. The van der Waals surface area contributed by atoms with Crippen LogP contribution in [0.3, 0.4) is 0 Å². The van der Waals surface area contributed by atoms with Crippen molar-refractivity contribution in [1.29, 1.82) is 0 Å². The number of sulfone groups is 1. The van der Waals surface area contributed by atoms with Gasteiger partial charge in [-0.3, -0.25) is 14.9 Å². The van der Waals surface area contributed by atoms with Crippen molar-refractivity contribution in [2.24, 2.45) is 11.8 Å². The molecule has 0 spiro atoms. The third-order valence-electron chi connectivity index (χ3n) is 6.00. The second kappa shape index (κ2) is 10.1. The summed E-state index contributed by atoms with van der Waals surface area (Å²) >= 11 is 0. The van der Waals surface area contributed by atoms with Crippen LogP contribution in [-0.4, -0.2) is 38.3 Å². The van der Waals surface area contributed by atoms with E-state index < -0.39 is 21.1 Å². The fraction of sp³-hybridized carbons (Fsp3) is 0.583. The maximum Gasteiger partial charge on any atom is 0.229 e. The van der Waals surface area contributed by atoms with Crippen molar-refractivity contribution in [3.05, 3.63) is 41.7 Å². The molecule has 1 aromatic carbocycles. The Kier molecular flexibility index (Phi) is 7.75. The minimum atomic E-state index is -3.31. The first-order chi connectivity index (χ1) is 15.1. The predicted molar refractivity (Wildman–Crippen MR) is 121 cm³/mol. The Balaban J connectivity index is 1.53. The summed E-state index contributed by atoms with van der Waals surface area (Å²) in [7, 11) is -3.31. The lowest BCUT2D eigenvalue weighted by atomic mass is 9.95. The number of allylic oxidation sites excluding steroid dienone is 2. The number of hydrogen-bond donors (Lipinski definition) is 1. The molecular formula is C24H32FNO5S. The number of benzene rings is 1. The minimum Gasteiger partial charge on any atom is -0.490 e. The van der Waals surface area contributed by atoms with Gasteiger partial charge in [0.1, 0.15) is 0 Å². The molecule has 1 heterocycles. The molecule has 2 amide bonds. The van der Waals surface area contributed by atoms with Crippen LogP contribution in [0.15, 0.2) is 30.4 Å². The van der Waals surface area contributed by atoms with E-state index in [0.29, 0.717) is 32.3 Å². The number of carbonyl (C=O) groups excluding carboxylic acids is 2. The maximum absolute atomic E-state index is 14.1. The van der Waals surface area contributed by atoms with Gasteiger partial charge < -0.3 is 4.74 Å². The molecule has 3 rings (SSSR count). The number of halogens is 1. The van der Waals surface area contributed by atoms with Gasteiger partial charge in [-0.25, -0.2) is 12.8 Å². The average molecular weight is 466 g/mol. The van der Waals surface area contributed by atoms with Crippen LogP contribution < -0.4 is 10.1 Å². The van der Waals surface area contributed by atoms with Crippen molar-refractivity contribution in [3.63, 3.8) is 0 Å². The molecule has 1 unspecified atom stereocenters. The number of amides is 2. The molecule has 1 aromatic rings. The Morgan fingerprint density at radius 1 is 1.25 bits per heavy atom. The first kappa shape index (κ1) is 24.4. The molecule has 176 valence electrons. The van der Waals surface area contributed by atoms with Crippen LogP contribution in [0, 0.1) is 17.7 Å². The summed E-state index contributed by atoms with van der Waals surface area (Å²) < 4.78 is 45.1. The van der Waals surface area contributed by atoms with Gasteiger partial charge in [-0.05, 0) is 55.7 Å². The van der Waals surface area contributed by atoms with Gasteiger partial charge in [0.15, 0.2) is 21.4 Å². The number of nitrogens with one attached hydrogen (secondary N) is 1. The van der Waals surface area contributed by atoms with E-state index in [-0.39, 0.29) is 40.9 Å². The van der Waals surface area contributed by atoms with Gasteiger partial charge >= 0.3 is 0 Å². The Labute approximate surface area is 189 Å². The quantitative estimate of drug-likeness (QED) is 0.398. The van der Waals surface area contributed by atoms with Crippen molar-refractivity contribution in [1.82, 2.24) is 5.32 Å². The van der Waals surface area contributed by atoms with Crippen molar-refractivity contribution >= 4 is 21.7 Å². The second-order valence-electron chi connectivity index (χ2n) is 9.37. The standard InChI is InChI=1S/C24H32FNO5S/c1-17(2)15-31-21-14-19(8-9-20(21)25)24(11-12-24)16-32(29,30)13-5-3-4-6-18-7-10-22(27)26-23(18)28/h3-4,8-9,14,17-18H,5-7,10-13,15-16H2,1-2H3,(H,26,27,28)/b4-3+. The molecule has 1 aliphatic heterocycles. The summed E-state index contributed by atoms with van der Waals surface area (Å²) in [4.78, 5) is 22.9. The summed E-state index contributed by atoms with van der Waals surface area (Å²) in [5, 5.41) is 2.32. The molecule has 2 fully saturated rings. The first-order valence-electron chi connectivity index (χ1n) is 11.2. The van der Waals surface area contributed by atoms with Crippen molar-refractivity contribution in [2.75, 3.05) is 18.1 Å². The number of rotatable bonds is 11. The van der Waals surface area contributed by atoms with E-state index in [1.807, 2.05) is 19.9 Å². The molecule has 1 aliphatic carbocycles. The molecule has 1 saturated carbocycles. The van der Waals surface area contributed by atoms with Crippen LogP contribution in [-0.2, 0) is 24.8 Å². The average Bonchev–Trinajstić information content (AvgIpc) is 3.48. The number of imide groups is 1. The summed E-state index contributed by atoms with van der Waals surface area (Å²) in [5.41, 5.74) is 0.355. The third-order valence-corrected chi connectivity index (χ3v) is 7.85. The zero-order valence-electron chi connectivity index (χ0n) is 18.7. The molecule has 8 heteroatoms. The predicted octanol–water partition coefficient (Wildman–Crippen LogP) is 3.70. The van der Waals surface area contributed by atoms with E-state index in [4.69, 9.17) is 4.74 Å². The lowest BCUT2D eigenvalue weighted by Crippen LogP contribution is -2.40. The number of hydrogen-bond acceptors (Lipinski definition) is 5. The van der Waals surface area contributed by atoms with Gasteiger partial charge in [0.2, 0.25) is 11.8 Å². The Bertz CT molecular complexity index is 982. The number of ether oxygens (including phenoxy) is 1. The summed E-state index contributed by atoms with van der Waals surface area (Å²) in [5.74, 6) is -0.669. The molecule has 0 radical (unpaired) electrons. The van der Waals surface area contributed by atoms with Gasteiger partial charge in [-0.1, -0.05) is 32.1 Å². The van der Waals surface area contributed by atoms with Crippen molar-refractivity contribution in [2.45, 2.75) is 57.8 Å². The first-order valence-corrected chi connectivity index (χ1v) is 13.0.